The van der Waals surface area contributed by atoms with Crippen molar-refractivity contribution >= 4 is 0 Å². The molecule has 1 N–H and O–H groups in total. The summed E-state index contributed by atoms with van der Waals surface area (Å²) < 4.78 is 40.2. The molecule has 0 aliphatic rings. The van der Waals surface area contributed by atoms with E-state index in [1.807, 2.05) is 0 Å². The minimum Gasteiger partial charge on any atom is -0.406 e. The van der Waals surface area contributed by atoms with Crippen molar-refractivity contribution in [1.29, 1.82) is 0 Å². The molecule has 1 rings (SSSR count). The summed E-state index contributed by atoms with van der Waals surface area (Å²) in [5.74, 6) is 0.403. The number of alkyl halides is 3. The second kappa shape index (κ2) is 8.27. The van der Waals surface area contributed by atoms with Crippen molar-refractivity contribution in [2.24, 2.45) is 5.92 Å². The van der Waals surface area contributed by atoms with Crippen LogP contribution in [0.15, 0.2) is 24.3 Å². The Labute approximate surface area is 124 Å². The lowest BCUT2D eigenvalue weighted by atomic mass is 9.97. The van der Waals surface area contributed by atoms with Gasteiger partial charge < -0.3 is 10.1 Å². The maximum absolute atomic E-state index is 12.1. The number of benzene rings is 1. The standard InChI is InChI=1S/C16H24F3NO/c1-4-9-20-14(10-12(2)3)11-13-5-7-15(8-6-13)21-16(17,18)19/h5-8,12,14,20H,4,9-11H2,1-3H3. The van der Waals surface area contributed by atoms with Gasteiger partial charge in [0.15, 0.2) is 0 Å². The number of nitrogens with one attached hydrogen (secondary N) is 1. The van der Waals surface area contributed by atoms with Gasteiger partial charge in [-0.05, 0) is 49.4 Å². The van der Waals surface area contributed by atoms with Gasteiger partial charge in [-0.3, -0.25) is 0 Å². The largest absolute Gasteiger partial charge is 0.573 e. The highest BCUT2D eigenvalue weighted by Crippen LogP contribution is 2.23. The molecule has 2 nitrogen and oxygen atoms in total. The van der Waals surface area contributed by atoms with E-state index in [9.17, 15) is 13.2 Å². The fourth-order valence-corrected chi connectivity index (χ4v) is 2.27. The predicted molar refractivity (Wildman–Crippen MR) is 78.4 cm³/mol. The van der Waals surface area contributed by atoms with E-state index in [0.717, 1.165) is 31.4 Å². The highest BCUT2D eigenvalue weighted by Gasteiger charge is 2.30. The van der Waals surface area contributed by atoms with Crippen molar-refractivity contribution in [2.45, 2.75) is 52.4 Å². The molecule has 0 spiro atoms. The van der Waals surface area contributed by atoms with Crippen molar-refractivity contribution in [2.75, 3.05) is 6.54 Å². The SMILES string of the molecule is CCCNC(Cc1ccc(OC(F)(F)F)cc1)CC(C)C. The van der Waals surface area contributed by atoms with Crippen LogP contribution in [0.5, 0.6) is 5.75 Å². The van der Waals surface area contributed by atoms with Crippen LogP contribution in [0.1, 0.15) is 39.2 Å². The average Bonchev–Trinajstić information content (AvgIpc) is 2.36. The van der Waals surface area contributed by atoms with Crippen LogP contribution in [0.3, 0.4) is 0 Å². The van der Waals surface area contributed by atoms with Crippen molar-refractivity contribution in [3.8, 4) is 5.75 Å². The Balaban J connectivity index is 2.62. The molecule has 0 aliphatic carbocycles. The van der Waals surface area contributed by atoms with Gasteiger partial charge in [0.05, 0.1) is 0 Å². The lowest BCUT2D eigenvalue weighted by molar-refractivity contribution is -0.274. The van der Waals surface area contributed by atoms with Crippen LogP contribution in [0.2, 0.25) is 0 Å². The summed E-state index contributed by atoms with van der Waals surface area (Å²) in [6.45, 7) is 7.40. The van der Waals surface area contributed by atoms with E-state index in [4.69, 9.17) is 0 Å². The minimum absolute atomic E-state index is 0.173. The van der Waals surface area contributed by atoms with E-state index in [-0.39, 0.29) is 5.75 Å². The van der Waals surface area contributed by atoms with E-state index in [2.05, 4.69) is 30.8 Å². The van der Waals surface area contributed by atoms with Gasteiger partial charge in [-0.1, -0.05) is 32.9 Å². The van der Waals surface area contributed by atoms with E-state index >= 15 is 0 Å². The van der Waals surface area contributed by atoms with E-state index in [1.165, 1.54) is 12.1 Å². The third-order valence-corrected chi connectivity index (χ3v) is 3.08. The van der Waals surface area contributed by atoms with Crippen molar-refractivity contribution in [1.82, 2.24) is 5.32 Å². The van der Waals surface area contributed by atoms with Crippen LogP contribution >= 0.6 is 0 Å². The fraction of sp³-hybridized carbons (Fsp3) is 0.625. The van der Waals surface area contributed by atoms with Crippen LogP contribution in [-0.2, 0) is 6.42 Å². The van der Waals surface area contributed by atoms with Gasteiger partial charge in [0.2, 0.25) is 0 Å². The van der Waals surface area contributed by atoms with Gasteiger partial charge in [-0.25, -0.2) is 0 Å². The van der Waals surface area contributed by atoms with Gasteiger partial charge in [0.25, 0.3) is 0 Å². The predicted octanol–water partition coefficient (Wildman–Crippen LogP) is 4.54. The van der Waals surface area contributed by atoms with E-state index < -0.39 is 6.36 Å². The molecule has 1 aromatic rings. The molecule has 0 heterocycles. The summed E-state index contributed by atoms with van der Waals surface area (Å²) in [6, 6.07) is 6.48. The second-order valence-corrected chi connectivity index (χ2v) is 5.68. The fourth-order valence-electron chi connectivity index (χ4n) is 2.27. The first kappa shape index (κ1) is 17.8. The zero-order chi connectivity index (χ0) is 15.9. The Morgan fingerprint density at radius 2 is 1.76 bits per heavy atom. The first-order valence-corrected chi connectivity index (χ1v) is 7.38. The molecule has 1 unspecified atom stereocenters. The van der Waals surface area contributed by atoms with Gasteiger partial charge >= 0.3 is 6.36 Å². The summed E-state index contributed by atoms with van der Waals surface area (Å²) >= 11 is 0. The molecular formula is C16H24F3NO. The lowest BCUT2D eigenvalue weighted by Crippen LogP contribution is -2.33. The highest BCUT2D eigenvalue weighted by atomic mass is 19.4. The van der Waals surface area contributed by atoms with Gasteiger partial charge in [-0.15, -0.1) is 13.2 Å². The smallest absolute Gasteiger partial charge is 0.406 e. The van der Waals surface area contributed by atoms with Crippen molar-refractivity contribution in [3.63, 3.8) is 0 Å². The van der Waals surface area contributed by atoms with Crippen LogP contribution in [0.25, 0.3) is 0 Å². The van der Waals surface area contributed by atoms with Gasteiger partial charge in [0, 0.05) is 6.04 Å². The summed E-state index contributed by atoms with van der Waals surface area (Å²) in [5.41, 5.74) is 1.01. The zero-order valence-corrected chi connectivity index (χ0v) is 12.8. The molecule has 1 aromatic carbocycles. The molecule has 0 fully saturated rings. The summed E-state index contributed by atoms with van der Waals surface area (Å²) in [6.07, 6.45) is -1.72. The Morgan fingerprint density at radius 1 is 1.14 bits per heavy atom. The first-order chi connectivity index (χ1) is 9.80. The molecule has 21 heavy (non-hydrogen) atoms. The van der Waals surface area contributed by atoms with Gasteiger partial charge in [-0.2, -0.15) is 0 Å². The maximum Gasteiger partial charge on any atom is 0.573 e. The molecule has 120 valence electrons. The molecule has 0 radical (unpaired) electrons. The van der Waals surface area contributed by atoms with E-state index in [1.54, 1.807) is 12.1 Å². The maximum atomic E-state index is 12.1. The van der Waals surface area contributed by atoms with E-state index in [0.29, 0.717) is 12.0 Å². The molecular weight excluding hydrogens is 279 g/mol. The minimum atomic E-state index is -4.63. The molecule has 0 saturated heterocycles. The first-order valence-electron chi connectivity index (χ1n) is 7.38. The Hall–Kier alpha value is -1.23. The van der Waals surface area contributed by atoms with Crippen LogP contribution in [-0.4, -0.2) is 18.9 Å². The highest BCUT2D eigenvalue weighted by molar-refractivity contribution is 5.28. The molecule has 5 heteroatoms. The van der Waals surface area contributed by atoms with Crippen molar-refractivity contribution < 1.29 is 17.9 Å². The normalized spacial score (nSPS) is 13.5. The number of hydrogen-bond acceptors (Lipinski definition) is 2. The molecule has 0 bridgehead atoms. The van der Waals surface area contributed by atoms with Crippen LogP contribution in [0, 0.1) is 5.92 Å². The van der Waals surface area contributed by atoms with Crippen molar-refractivity contribution in [3.05, 3.63) is 29.8 Å². The number of ether oxygens (including phenoxy) is 1. The number of halogens is 3. The molecule has 1 atom stereocenters. The quantitative estimate of drug-likeness (QED) is 0.761. The Morgan fingerprint density at radius 3 is 2.24 bits per heavy atom. The monoisotopic (exact) mass is 303 g/mol. The lowest BCUT2D eigenvalue weighted by Gasteiger charge is -2.20. The third-order valence-electron chi connectivity index (χ3n) is 3.08. The summed E-state index contributed by atoms with van der Waals surface area (Å²) in [5, 5.41) is 3.49. The molecule has 0 saturated carbocycles. The topological polar surface area (TPSA) is 21.3 Å². The zero-order valence-electron chi connectivity index (χ0n) is 12.8. The molecule has 0 aliphatic heterocycles. The van der Waals surface area contributed by atoms with Gasteiger partial charge in [0.1, 0.15) is 5.75 Å². The molecule has 0 aromatic heterocycles. The van der Waals surface area contributed by atoms with Crippen LogP contribution < -0.4 is 10.1 Å². The second-order valence-electron chi connectivity index (χ2n) is 5.68. The molecule has 0 amide bonds. The average molecular weight is 303 g/mol. The summed E-state index contributed by atoms with van der Waals surface area (Å²) in [4.78, 5) is 0. The third kappa shape index (κ3) is 7.95. The van der Waals surface area contributed by atoms with Crippen LogP contribution in [0.4, 0.5) is 13.2 Å². The summed E-state index contributed by atoms with van der Waals surface area (Å²) in [7, 11) is 0. The number of rotatable bonds is 8. The Kier molecular flexibility index (Phi) is 7.02. The Bertz CT molecular complexity index is 401. The number of hydrogen-bond donors (Lipinski definition) is 1.